The molecule has 0 unspecified atom stereocenters. The lowest BCUT2D eigenvalue weighted by Gasteiger charge is -2.09. The first-order chi connectivity index (χ1) is 7.76. The van der Waals surface area contributed by atoms with Crippen LogP contribution >= 0.6 is 0 Å². The number of carbonyl (C=O) groups excluding carboxylic acids is 1. The van der Waals surface area contributed by atoms with Crippen molar-refractivity contribution in [3.8, 4) is 5.75 Å². The Morgan fingerprint density at radius 2 is 2.12 bits per heavy atom. The Morgan fingerprint density at radius 1 is 1.44 bits per heavy atom. The molecule has 1 aromatic rings. The molecule has 3 N–H and O–H groups in total. The maximum absolute atomic E-state index is 11.1. The summed E-state index contributed by atoms with van der Waals surface area (Å²) in [6.07, 6.45) is 1.60. The molecule has 0 saturated heterocycles. The molecule has 0 aromatic heterocycles. The van der Waals surface area contributed by atoms with Gasteiger partial charge >= 0.3 is 6.03 Å². The summed E-state index contributed by atoms with van der Waals surface area (Å²) >= 11 is 0. The van der Waals surface area contributed by atoms with Crippen molar-refractivity contribution in [2.75, 3.05) is 19.1 Å². The highest BCUT2D eigenvalue weighted by Crippen LogP contribution is 2.13. The average Bonchev–Trinajstić information content (AvgIpc) is 2.34. The largest absolute Gasteiger partial charge is 0.497 e. The van der Waals surface area contributed by atoms with Crippen LogP contribution in [0, 0.1) is 0 Å². The van der Waals surface area contributed by atoms with E-state index in [1.807, 2.05) is 0 Å². The number of ether oxygens (including phenoxy) is 1. The second-order valence-electron chi connectivity index (χ2n) is 2.98. The van der Waals surface area contributed by atoms with Gasteiger partial charge in [-0.1, -0.05) is 6.08 Å². The standard InChI is InChI=1S/C11H15N3O2/c1-3-8-12-11(15)14-13-9-4-6-10(16-2)7-5-9/h3-7,13H,1,8H2,2H3,(H2,12,14,15). The molecule has 0 atom stereocenters. The van der Waals surface area contributed by atoms with Gasteiger partial charge in [0, 0.05) is 6.54 Å². The van der Waals surface area contributed by atoms with Gasteiger partial charge in [-0.2, -0.15) is 0 Å². The van der Waals surface area contributed by atoms with Crippen LogP contribution in [-0.2, 0) is 0 Å². The normalized spacial score (nSPS) is 9.06. The van der Waals surface area contributed by atoms with Crippen LogP contribution in [0.3, 0.4) is 0 Å². The van der Waals surface area contributed by atoms with Crippen molar-refractivity contribution >= 4 is 11.7 Å². The fourth-order valence-corrected chi connectivity index (χ4v) is 1.01. The second kappa shape index (κ2) is 6.34. The maximum atomic E-state index is 11.1. The van der Waals surface area contributed by atoms with E-state index in [-0.39, 0.29) is 6.03 Å². The summed E-state index contributed by atoms with van der Waals surface area (Å²) in [5.74, 6) is 0.765. The predicted molar refractivity (Wildman–Crippen MR) is 63.3 cm³/mol. The van der Waals surface area contributed by atoms with Crippen LogP contribution in [0.15, 0.2) is 36.9 Å². The third-order valence-electron chi connectivity index (χ3n) is 1.82. The van der Waals surface area contributed by atoms with Gasteiger partial charge in [-0.05, 0) is 24.3 Å². The molecule has 86 valence electrons. The molecule has 1 aromatic carbocycles. The number of hydrogen-bond donors (Lipinski definition) is 3. The predicted octanol–water partition coefficient (Wildman–Crippen LogP) is 1.51. The van der Waals surface area contributed by atoms with E-state index in [1.165, 1.54) is 0 Å². The van der Waals surface area contributed by atoms with Gasteiger partial charge in [0.15, 0.2) is 0 Å². The fourth-order valence-electron chi connectivity index (χ4n) is 1.01. The Bertz CT molecular complexity index is 349. The van der Waals surface area contributed by atoms with Crippen molar-refractivity contribution in [3.05, 3.63) is 36.9 Å². The number of methoxy groups -OCH3 is 1. The molecule has 5 heteroatoms. The van der Waals surface area contributed by atoms with E-state index in [2.05, 4.69) is 22.7 Å². The second-order valence-corrected chi connectivity index (χ2v) is 2.98. The van der Waals surface area contributed by atoms with Gasteiger partial charge < -0.3 is 10.1 Å². The monoisotopic (exact) mass is 221 g/mol. The van der Waals surface area contributed by atoms with Gasteiger partial charge in [-0.15, -0.1) is 6.58 Å². The van der Waals surface area contributed by atoms with Gasteiger partial charge in [0.25, 0.3) is 0 Å². The smallest absolute Gasteiger partial charge is 0.333 e. The lowest BCUT2D eigenvalue weighted by atomic mass is 10.3. The van der Waals surface area contributed by atoms with Gasteiger partial charge in [-0.3, -0.25) is 10.9 Å². The third kappa shape index (κ3) is 3.91. The Hall–Kier alpha value is -2.17. The molecular formula is C11H15N3O2. The minimum absolute atomic E-state index is 0.310. The van der Waals surface area contributed by atoms with E-state index in [0.29, 0.717) is 6.54 Å². The summed E-state index contributed by atoms with van der Waals surface area (Å²) < 4.78 is 5.01. The quantitative estimate of drug-likeness (QED) is 0.521. The van der Waals surface area contributed by atoms with Crippen LogP contribution in [0.25, 0.3) is 0 Å². The molecule has 0 fully saturated rings. The number of amides is 2. The summed E-state index contributed by atoms with van der Waals surface area (Å²) in [6.45, 7) is 3.92. The molecule has 0 saturated carbocycles. The van der Waals surface area contributed by atoms with E-state index >= 15 is 0 Å². The molecule has 0 heterocycles. The molecule has 0 aliphatic heterocycles. The first-order valence-electron chi connectivity index (χ1n) is 4.81. The number of hydrogen-bond acceptors (Lipinski definition) is 3. The summed E-state index contributed by atoms with van der Waals surface area (Å²) in [7, 11) is 1.60. The zero-order chi connectivity index (χ0) is 11.8. The van der Waals surface area contributed by atoms with Crippen LogP contribution in [0.5, 0.6) is 5.75 Å². The number of carbonyl (C=O) groups is 1. The van der Waals surface area contributed by atoms with Crippen molar-refractivity contribution in [2.45, 2.75) is 0 Å². The third-order valence-corrected chi connectivity index (χ3v) is 1.82. The molecular weight excluding hydrogens is 206 g/mol. The zero-order valence-electron chi connectivity index (χ0n) is 9.12. The maximum Gasteiger partial charge on any atom is 0.333 e. The highest BCUT2D eigenvalue weighted by Gasteiger charge is 1.97. The molecule has 2 amide bonds. The summed E-state index contributed by atoms with van der Waals surface area (Å²) in [6, 6.07) is 6.88. The van der Waals surface area contributed by atoms with Crippen molar-refractivity contribution in [1.82, 2.24) is 10.7 Å². The number of anilines is 1. The minimum atomic E-state index is -0.310. The molecule has 5 nitrogen and oxygen atoms in total. The number of urea groups is 1. The molecule has 0 aliphatic rings. The Labute approximate surface area is 94.5 Å². The number of rotatable bonds is 5. The molecule has 1 rings (SSSR count). The van der Waals surface area contributed by atoms with Crippen molar-refractivity contribution in [2.24, 2.45) is 0 Å². The highest BCUT2D eigenvalue weighted by molar-refractivity contribution is 5.75. The number of hydrazine groups is 1. The van der Waals surface area contributed by atoms with Crippen molar-refractivity contribution < 1.29 is 9.53 Å². The summed E-state index contributed by atoms with van der Waals surface area (Å²) in [4.78, 5) is 11.1. The molecule has 0 aliphatic carbocycles. The van der Waals surface area contributed by atoms with Crippen LogP contribution < -0.4 is 20.9 Å². The van der Waals surface area contributed by atoms with Gasteiger partial charge in [0.1, 0.15) is 5.75 Å². The Morgan fingerprint density at radius 3 is 2.69 bits per heavy atom. The first-order valence-corrected chi connectivity index (χ1v) is 4.81. The van der Waals surface area contributed by atoms with Crippen molar-refractivity contribution in [3.63, 3.8) is 0 Å². The van der Waals surface area contributed by atoms with Crippen LogP contribution in [0.1, 0.15) is 0 Å². The van der Waals surface area contributed by atoms with Crippen LogP contribution in [-0.4, -0.2) is 19.7 Å². The number of benzene rings is 1. The molecule has 0 spiro atoms. The topological polar surface area (TPSA) is 62.4 Å². The molecule has 0 radical (unpaired) electrons. The van der Waals surface area contributed by atoms with Gasteiger partial charge in [0.05, 0.1) is 12.8 Å². The van der Waals surface area contributed by atoms with E-state index in [4.69, 9.17) is 4.74 Å². The fraction of sp³-hybridized carbons (Fsp3) is 0.182. The molecule has 0 bridgehead atoms. The lowest BCUT2D eigenvalue weighted by molar-refractivity contribution is 0.244. The molecule has 16 heavy (non-hydrogen) atoms. The summed E-state index contributed by atoms with van der Waals surface area (Å²) in [5, 5.41) is 2.57. The van der Waals surface area contributed by atoms with E-state index in [9.17, 15) is 4.79 Å². The number of nitrogens with one attached hydrogen (secondary N) is 3. The van der Waals surface area contributed by atoms with Gasteiger partial charge in [0.2, 0.25) is 0 Å². The summed E-state index contributed by atoms with van der Waals surface area (Å²) in [5.41, 5.74) is 6.01. The lowest BCUT2D eigenvalue weighted by Crippen LogP contribution is -2.38. The SMILES string of the molecule is C=CCNC(=O)NNc1ccc(OC)cc1. The first kappa shape index (κ1) is 11.9. The van der Waals surface area contributed by atoms with Crippen molar-refractivity contribution in [1.29, 1.82) is 0 Å². The highest BCUT2D eigenvalue weighted by atomic mass is 16.5. The average molecular weight is 221 g/mol. The zero-order valence-corrected chi connectivity index (χ0v) is 9.12. The van der Waals surface area contributed by atoms with Crippen LogP contribution in [0.2, 0.25) is 0 Å². The van der Waals surface area contributed by atoms with Crippen LogP contribution in [0.4, 0.5) is 10.5 Å². The van der Waals surface area contributed by atoms with E-state index < -0.39 is 0 Å². The van der Waals surface area contributed by atoms with Gasteiger partial charge in [-0.25, -0.2) is 4.79 Å². The van der Waals surface area contributed by atoms with E-state index in [1.54, 1.807) is 37.5 Å². The van der Waals surface area contributed by atoms with E-state index in [0.717, 1.165) is 11.4 Å². The minimum Gasteiger partial charge on any atom is -0.497 e. The Kier molecular flexibility index (Phi) is 4.72. The Balaban J connectivity index is 2.36.